The van der Waals surface area contributed by atoms with Crippen LogP contribution in [0.1, 0.15) is 23.3 Å². The first-order chi connectivity index (χ1) is 10.2. The molecule has 1 aliphatic carbocycles. The van der Waals surface area contributed by atoms with Crippen molar-refractivity contribution >= 4 is 28.8 Å². The van der Waals surface area contributed by atoms with Gasteiger partial charge in [0, 0.05) is 37.3 Å². The molecule has 1 saturated carbocycles. The molecule has 0 unspecified atom stereocenters. The highest BCUT2D eigenvalue weighted by atomic mass is 35.5. The van der Waals surface area contributed by atoms with Crippen LogP contribution in [0.25, 0.3) is 0 Å². The molecule has 2 heterocycles. The molecular weight excluding hydrogens is 302 g/mol. The standard InChI is InChI=1S/C16H20ClN3S/c1-20(7-6-14-3-2-8-21-14)16-9-12(15(17)11-19-16)10-18-13-4-5-13/h2-3,8-9,11,13,18H,4-7,10H2,1H3. The Labute approximate surface area is 135 Å². The minimum Gasteiger partial charge on any atom is -0.359 e. The molecule has 0 radical (unpaired) electrons. The van der Waals surface area contributed by atoms with Gasteiger partial charge >= 0.3 is 0 Å². The zero-order valence-electron chi connectivity index (χ0n) is 12.2. The number of likely N-dealkylation sites (N-methyl/N-ethyl adjacent to an activating group) is 1. The summed E-state index contributed by atoms with van der Waals surface area (Å²) in [5.41, 5.74) is 1.14. The van der Waals surface area contributed by atoms with Crippen LogP contribution in [0, 0.1) is 0 Å². The van der Waals surface area contributed by atoms with E-state index in [9.17, 15) is 0 Å². The Kier molecular flexibility index (Phi) is 4.78. The average molecular weight is 322 g/mol. The van der Waals surface area contributed by atoms with E-state index in [1.54, 1.807) is 17.5 Å². The Morgan fingerprint density at radius 1 is 1.48 bits per heavy atom. The summed E-state index contributed by atoms with van der Waals surface area (Å²) in [5, 5.41) is 6.38. The Balaban J connectivity index is 1.61. The highest BCUT2D eigenvalue weighted by Crippen LogP contribution is 2.23. The topological polar surface area (TPSA) is 28.2 Å². The quantitative estimate of drug-likeness (QED) is 0.842. The number of rotatable bonds is 7. The second kappa shape index (κ2) is 6.77. The van der Waals surface area contributed by atoms with Crippen LogP contribution in [-0.2, 0) is 13.0 Å². The van der Waals surface area contributed by atoms with Crippen LogP contribution in [0.4, 0.5) is 5.82 Å². The number of anilines is 1. The van der Waals surface area contributed by atoms with E-state index in [4.69, 9.17) is 11.6 Å². The second-order valence-electron chi connectivity index (χ2n) is 5.54. The third kappa shape index (κ3) is 4.19. The van der Waals surface area contributed by atoms with Crippen molar-refractivity contribution in [3.05, 3.63) is 45.2 Å². The van der Waals surface area contributed by atoms with E-state index >= 15 is 0 Å². The molecule has 0 bridgehead atoms. The predicted octanol–water partition coefficient (Wildman–Crippen LogP) is 3.73. The smallest absolute Gasteiger partial charge is 0.128 e. The maximum Gasteiger partial charge on any atom is 0.128 e. The summed E-state index contributed by atoms with van der Waals surface area (Å²) in [6, 6.07) is 7.07. The van der Waals surface area contributed by atoms with E-state index in [1.165, 1.54) is 17.7 Å². The van der Waals surface area contributed by atoms with Crippen molar-refractivity contribution in [2.45, 2.75) is 31.8 Å². The number of hydrogen-bond donors (Lipinski definition) is 1. The fourth-order valence-electron chi connectivity index (χ4n) is 2.20. The van der Waals surface area contributed by atoms with Gasteiger partial charge in [0.2, 0.25) is 0 Å². The molecule has 5 heteroatoms. The third-order valence-electron chi connectivity index (χ3n) is 3.74. The van der Waals surface area contributed by atoms with E-state index in [0.29, 0.717) is 6.04 Å². The summed E-state index contributed by atoms with van der Waals surface area (Å²) in [6.07, 6.45) is 5.39. The lowest BCUT2D eigenvalue weighted by Gasteiger charge is -2.19. The van der Waals surface area contributed by atoms with E-state index in [2.05, 4.69) is 45.8 Å². The highest BCUT2D eigenvalue weighted by Gasteiger charge is 2.20. The third-order valence-corrected chi connectivity index (χ3v) is 5.02. The predicted molar refractivity (Wildman–Crippen MR) is 90.4 cm³/mol. The molecule has 3 nitrogen and oxygen atoms in total. The van der Waals surface area contributed by atoms with Gasteiger partial charge in [-0.3, -0.25) is 0 Å². The van der Waals surface area contributed by atoms with E-state index in [-0.39, 0.29) is 0 Å². The van der Waals surface area contributed by atoms with Crippen molar-refractivity contribution in [3.63, 3.8) is 0 Å². The zero-order valence-corrected chi connectivity index (χ0v) is 13.8. The maximum absolute atomic E-state index is 6.24. The molecule has 1 fully saturated rings. The van der Waals surface area contributed by atoms with Crippen LogP contribution < -0.4 is 10.2 Å². The van der Waals surface area contributed by atoms with Gasteiger partial charge in [-0.15, -0.1) is 11.3 Å². The van der Waals surface area contributed by atoms with Crippen molar-refractivity contribution in [3.8, 4) is 0 Å². The van der Waals surface area contributed by atoms with Crippen molar-refractivity contribution in [1.29, 1.82) is 0 Å². The number of pyridine rings is 1. The lowest BCUT2D eigenvalue weighted by Crippen LogP contribution is -2.22. The van der Waals surface area contributed by atoms with Gasteiger partial charge in [-0.05, 0) is 42.3 Å². The van der Waals surface area contributed by atoms with Crippen LogP contribution in [0.3, 0.4) is 0 Å². The van der Waals surface area contributed by atoms with Crippen molar-refractivity contribution in [1.82, 2.24) is 10.3 Å². The van der Waals surface area contributed by atoms with Gasteiger partial charge < -0.3 is 10.2 Å². The molecule has 0 atom stereocenters. The van der Waals surface area contributed by atoms with Crippen LogP contribution in [0.15, 0.2) is 29.8 Å². The molecule has 21 heavy (non-hydrogen) atoms. The molecule has 2 aromatic rings. The summed E-state index contributed by atoms with van der Waals surface area (Å²) in [5.74, 6) is 0.989. The largest absolute Gasteiger partial charge is 0.359 e. The molecule has 1 N–H and O–H groups in total. The molecule has 0 saturated heterocycles. The molecule has 0 spiro atoms. The zero-order chi connectivity index (χ0) is 14.7. The fraction of sp³-hybridized carbons (Fsp3) is 0.438. The Morgan fingerprint density at radius 3 is 3.05 bits per heavy atom. The Hall–Kier alpha value is -1.10. The maximum atomic E-state index is 6.24. The summed E-state index contributed by atoms with van der Waals surface area (Å²) in [6.45, 7) is 1.79. The van der Waals surface area contributed by atoms with Gasteiger partial charge in [0.1, 0.15) is 5.82 Å². The minimum atomic E-state index is 0.689. The fourth-order valence-corrected chi connectivity index (χ4v) is 3.07. The number of nitrogens with one attached hydrogen (secondary N) is 1. The van der Waals surface area contributed by atoms with Gasteiger partial charge in [-0.25, -0.2) is 4.98 Å². The first-order valence-corrected chi connectivity index (χ1v) is 8.59. The van der Waals surface area contributed by atoms with Crippen LogP contribution >= 0.6 is 22.9 Å². The minimum absolute atomic E-state index is 0.689. The van der Waals surface area contributed by atoms with Crippen LogP contribution in [0.2, 0.25) is 5.02 Å². The number of hydrogen-bond acceptors (Lipinski definition) is 4. The molecule has 0 aliphatic heterocycles. The molecule has 1 aliphatic rings. The monoisotopic (exact) mass is 321 g/mol. The summed E-state index contributed by atoms with van der Waals surface area (Å²) < 4.78 is 0. The van der Waals surface area contributed by atoms with Crippen molar-refractivity contribution < 1.29 is 0 Å². The number of halogens is 1. The van der Waals surface area contributed by atoms with Crippen LogP contribution in [0.5, 0.6) is 0 Å². The molecular formula is C16H20ClN3S. The molecule has 0 amide bonds. The second-order valence-corrected chi connectivity index (χ2v) is 6.98. The molecule has 0 aromatic carbocycles. The van der Waals surface area contributed by atoms with E-state index in [1.807, 2.05) is 0 Å². The molecule has 3 rings (SSSR count). The summed E-state index contributed by atoms with van der Waals surface area (Å²) >= 11 is 8.05. The normalized spacial score (nSPS) is 14.4. The van der Waals surface area contributed by atoms with Crippen molar-refractivity contribution in [2.75, 3.05) is 18.5 Å². The lowest BCUT2D eigenvalue weighted by molar-refractivity contribution is 0.687. The average Bonchev–Trinajstić information content (AvgIpc) is 3.17. The van der Waals surface area contributed by atoms with Crippen molar-refractivity contribution in [2.24, 2.45) is 0 Å². The Bertz CT molecular complexity index is 581. The Morgan fingerprint density at radius 2 is 2.33 bits per heavy atom. The highest BCUT2D eigenvalue weighted by molar-refractivity contribution is 7.09. The lowest BCUT2D eigenvalue weighted by atomic mass is 10.2. The van der Waals surface area contributed by atoms with Gasteiger partial charge in [0.15, 0.2) is 0 Å². The van der Waals surface area contributed by atoms with Gasteiger partial charge in [-0.2, -0.15) is 0 Å². The summed E-state index contributed by atoms with van der Waals surface area (Å²) in [4.78, 5) is 8.05. The molecule has 112 valence electrons. The first kappa shape index (κ1) is 14.8. The van der Waals surface area contributed by atoms with Crippen LogP contribution in [-0.4, -0.2) is 24.6 Å². The number of aromatic nitrogens is 1. The van der Waals surface area contributed by atoms with E-state index in [0.717, 1.165) is 35.9 Å². The van der Waals surface area contributed by atoms with E-state index < -0.39 is 0 Å². The summed E-state index contributed by atoms with van der Waals surface area (Å²) in [7, 11) is 2.09. The van der Waals surface area contributed by atoms with Gasteiger partial charge in [-0.1, -0.05) is 17.7 Å². The molecule has 2 aromatic heterocycles. The number of thiophene rings is 1. The first-order valence-electron chi connectivity index (χ1n) is 7.33. The number of nitrogens with zero attached hydrogens (tertiary/aromatic N) is 2. The van der Waals surface area contributed by atoms with Gasteiger partial charge in [0.05, 0.1) is 5.02 Å². The van der Waals surface area contributed by atoms with Gasteiger partial charge in [0.25, 0.3) is 0 Å². The SMILES string of the molecule is CN(CCc1cccs1)c1cc(CNC2CC2)c(Cl)cn1.